The number of benzene rings is 2. The van der Waals surface area contributed by atoms with Crippen molar-refractivity contribution in [3.8, 4) is 0 Å². The van der Waals surface area contributed by atoms with Gasteiger partial charge in [-0.05, 0) is 70.4 Å². The summed E-state index contributed by atoms with van der Waals surface area (Å²) in [5.41, 5.74) is 3.26. The lowest BCUT2D eigenvalue weighted by molar-refractivity contribution is -0.126. The van der Waals surface area contributed by atoms with Crippen LogP contribution in [0.3, 0.4) is 0 Å². The Bertz CT molecular complexity index is 1300. The van der Waals surface area contributed by atoms with Crippen LogP contribution in [0.2, 0.25) is 0 Å². The Morgan fingerprint density at radius 2 is 1.56 bits per heavy atom. The molecular formula is C33H42N4O5S. The van der Waals surface area contributed by atoms with Crippen molar-refractivity contribution < 1.29 is 23.9 Å². The van der Waals surface area contributed by atoms with E-state index in [9.17, 15) is 14.4 Å². The summed E-state index contributed by atoms with van der Waals surface area (Å²) in [6.45, 7) is 6.11. The van der Waals surface area contributed by atoms with Gasteiger partial charge in [0.2, 0.25) is 5.91 Å². The van der Waals surface area contributed by atoms with Gasteiger partial charge in [-0.1, -0.05) is 60.7 Å². The van der Waals surface area contributed by atoms with E-state index in [0.29, 0.717) is 38.6 Å². The number of amides is 3. The van der Waals surface area contributed by atoms with E-state index in [4.69, 9.17) is 9.47 Å². The van der Waals surface area contributed by atoms with Gasteiger partial charge >= 0.3 is 12.2 Å². The Hall–Kier alpha value is -3.92. The van der Waals surface area contributed by atoms with Crippen LogP contribution in [0.25, 0.3) is 0 Å². The van der Waals surface area contributed by atoms with E-state index in [-0.39, 0.29) is 24.6 Å². The van der Waals surface area contributed by atoms with Crippen LogP contribution in [0.4, 0.5) is 9.59 Å². The first-order valence-corrected chi connectivity index (χ1v) is 15.7. The zero-order chi connectivity index (χ0) is 30.7. The minimum absolute atomic E-state index is 0.163. The number of hydrogen-bond donors (Lipinski definition) is 2. The molecule has 0 radical (unpaired) electrons. The molecule has 230 valence electrons. The largest absolute Gasteiger partial charge is 0.444 e. The molecule has 9 nitrogen and oxygen atoms in total. The normalized spacial score (nSPS) is 16.3. The van der Waals surface area contributed by atoms with Gasteiger partial charge in [0.15, 0.2) is 0 Å². The van der Waals surface area contributed by atoms with E-state index in [1.807, 2.05) is 81.4 Å². The lowest BCUT2D eigenvalue weighted by Gasteiger charge is -2.29. The lowest BCUT2D eigenvalue weighted by Crippen LogP contribution is -2.50. The van der Waals surface area contributed by atoms with Crippen molar-refractivity contribution in [3.05, 3.63) is 88.4 Å². The molecular weight excluding hydrogens is 564 g/mol. The van der Waals surface area contributed by atoms with Crippen molar-refractivity contribution >= 4 is 29.4 Å². The maximum Gasteiger partial charge on any atom is 0.410 e. The first-order chi connectivity index (χ1) is 20.7. The predicted molar refractivity (Wildman–Crippen MR) is 167 cm³/mol. The highest BCUT2D eigenvalue weighted by molar-refractivity contribution is 7.09. The van der Waals surface area contributed by atoms with Crippen molar-refractivity contribution in [2.45, 2.75) is 89.6 Å². The van der Waals surface area contributed by atoms with Gasteiger partial charge in [-0.3, -0.25) is 14.7 Å². The van der Waals surface area contributed by atoms with Gasteiger partial charge < -0.3 is 20.1 Å². The number of likely N-dealkylation sites (tertiary alicyclic amines) is 1. The summed E-state index contributed by atoms with van der Waals surface area (Å²) >= 11 is 1.43. The Labute approximate surface area is 258 Å². The number of aromatic nitrogens is 1. The first kappa shape index (κ1) is 32.0. The average Bonchev–Trinajstić information content (AvgIpc) is 3.68. The molecule has 1 aliphatic rings. The number of carbonyl (C=O) groups is 3. The minimum atomic E-state index is -0.640. The molecule has 2 N–H and O–H groups in total. The number of carbonyl (C=O) groups excluding carboxylic acids is 3. The lowest BCUT2D eigenvalue weighted by atomic mass is 9.95. The van der Waals surface area contributed by atoms with Gasteiger partial charge in [-0.25, -0.2) is 9.59 Å². The molecule has 2 heterocycles. The molecule has 0 saturated carbocycles. The third-order valence-corrected chi connectivity index (χ3v) is 7.95. The number of ether oxygens (including phenoxy) is 2. The molecule has 3 aromatic rings. The predicted octanol–water partition coefficient (Wildman–Crippen LogP) is 5.89. The molecule has 43 heavy (non-hydrogen) atoms. The monoisotopic (exact) mass is 606 g/mol. The van der Waals surface area contributed by atoms with E-state index in [1.165, 1.54) is 11.3 Å². The van der Waals surface area contributed by atoms with Crippen LogP contribution in [-0.4, -0.2) is 58.2 Å². The number of nitrogens with zero attached hydrogens (tertiary/aromatic N) is 2. The number of alkyl carbamates (subject to hydrolysis) is 1. The van der Waals surface area contributed by atoms with Crippen molar-refractivity contribution in [1.29, 1.82) is 0 Å². The molecule has 0 unspecified atom stereocenters. The fourth-order valence-corrected chi connectivity index (χ4v) is 5.69. The average molecular weight is 607 g/mol. The molecule has 3 amide bonds. The van der Waals surface area contributed by atoms with Crippen molar-refractivity contribution in [3.63, 3.8) is 0 Å². The smallest absolute Gasteiger partial charge is 0.410 e. The van der Waals surface area contributed by atoms with Gasteiger partial charge in [0, 0.05) is 24.8 Å². The molecule has 2 aromatic carbocycles. The van der Waals surface area contributed by atoms with E-state index in [0.717, 1.165) is 22.4 Å². The first-order valence-electron chi connectivity index (χ1n) is 14.8. The zero-order valence-corrected chi connectivity index (χ0v) is 26.0. The van der Waals surface area contributed by atoms with Crippen LogP contribution >= 0.6 is 11.3 Å². The van der Waals surface area contributed by atoms with Crippen LogP contribution in [0, 0.1) is 0 Å². The number of rotatable bonds is 12. The molecule has 1 aromatic heterocycles. The summed E-state index contributed by atoms with van der Waals surface area (Å²) in [5, 5.41) is 6.27. The molecule has 1 saturated heterocycles. The molecule has 1 fully saturated rings. The second-order valence-corrected chi connectivity index (χ2v) is 12.9. The summed E-state index contributed by atoms with van der Waals surface area (Å²) < 4.78 is 11.0. The van der Waals surface area contributed by atoms with E-state index < -0.39 is 23.8 Å². The highest BCUT2D eigenvalue weighted by Gasteiger charge is 2.37. The Balaban J connectivity index is 1.43. The molecule has 3 atom stereocenters. The van der Waals surface area contributed by atoms with Crippen molar-refractivity contribution in [2.75, 3.05) is 6.54 Å². The van der Waals surface area contributed by atoms with E-state index in [1.54, 1.807) is 16.6 Å². The van der Waals surface area contributed by atoms with Gasteiger partial charge in [0.25, 0.3) is 0 Å². The molecule has 0 spiro atoms. The third-order valence-electron chi connectivity index (χ3n) is 7.19. The topological polar surface area (TPSA) is 110 Å². The fraction of sp³-hybridized carbons (Fsp3) is 0.455. The maximum atomic E-state index is 13.6. The summed E-state index contributed by atoms with van der Waals surface area (Å²) in [7, 11) is 0. The Kier molecular flexibility index (Phi) is 11.6. The fourth-order valence-electron chi connectivity index (χ4n) is 5.18. The summed E-state index contributed by atoms with van der Waals surface area (Å²) in [4.78, 5) is 45.6. The Morgan fingerprint density at radius 1 is 0.953 bits per heavy atom. The van der Waals surface area contributed by atoms with Gasteiger partial charge in [-0.2, -0.15) is 0 Å². The molecule has 0 aliphatic carbocycles. The van der Waals surface area contributed by atoms with Crippen LogP contribution < -0.4 is 10.6 Å². The number of hydrogen-bond acceptors (Lipinski definition) is 7. The van der Waals surface area contributed by atoms with E-state index in [2.05, 4.69) is 15.6 Å². The SMILES string of the molecule is CC(C)(C)OC(=O)N1CCC[C@H]1C(=O)N[C@H](CC[C@H](Cc1ccccc1)NC(=O)OCc1cncs1)Cc1ccccc1. The van der Waals surface area contributed by atoms with Crippen LogP contribution in [-0.2, 0) is 33.7 Å². The van der Waals surface area contributed by atoms with Crippen LogP contribution in [0.15, 0.2) is 72.4 Å². The standard InChI is InChI=1S/C33H42N4O5S/c1-33(2,3)42-32(40)37-18-10-15-29(37)30(38)35-26(19-24-11-6-4-7-12-24)16-17-27(20-25-13-8-5-9-14-25)36-31(39)41-22-28-21-34-23-43-28/h4-9,11-14,21,23,26-27,29H,10,15-20,22H2,1-3H3,(H,35,38)(H,36,39)/t26-,27-,29+/m1/s1. The van der Waals surface area contributed by atoms with Crippen molar-refractivity contribution in [1.82, 2.24) is 20.5 Å². The summed E-state index contributed by atoms with van der Waals surface area (Å²) in [6.07, 6.45) is 4.54. The summed E-state index contributed by atoms with van der Waals surface area (Å²) in [5.74, 6) is -0.180. The molecule has 10 heteroatoms. The highest BCUT2D eigenvalue weighted by atomic mass is 32.1. The van der Waals surface area contributed by atoms with Gasteiger partial charge in [-0.15, -0.1) is 11.3 Å². The van der Waals surface area contributed by atoms with Crippen LogP contribution in [0.1, 0.15) is 62.5 Å². The molecule has 1 aliphatic heterocycles. The molecule has 0 bridgehead atoms. The third kappa shape index (κ3) is 10.7. The number of nitrogens with one attached hydrogen (secondary N) is 2. The summed E-state index contributed by atoms with van der Waals surface area (Å²) in [6, 6.07) is 19.0. The molecule has 4 rings (SSSR count). The number of thiazole rings is 1. The van der Waals surface area contributed by atoms with Gasteiger partial charge in [0.05, 0.1) is 10.4 Å². The van der Waals surface area contributed by atoms with Crippen molar-refractivity contribution in [2.24, 2.45) is 0 Å². The second-order valence-electron chi connectivity index (χ2n) is 11.9. The minimum Gasteiger partial charge on any atom is -0.444 e. The van der Waals surface area contributed by atoms with Gasteiger partial charge in [0.1, 0.15) is 18.2 Å². The zero-order valence-electron chi connectivity index (χ0n) is 25.2. The van der Waals surface area contributed by atoms with E-state index >= 15 is 0 Å². The van der Waals surface area contributed by atoms with Crippen LogP contribution in [0.5, 0.6) is 0 Å². The Morgan fingerprint density at radius 3 is 2.12 bits per heavy atom. The quantitative estimate of drug-likeness (QED) is 0.266. The highest BCUT2D eigenvalue weighted by Crippen LogP contribution is 2.22. The second kappa shape index (κ2) is 15.5. The maximum absolute atomic E-state index is 13.6.